The summed E-state index contributed by atoms with van der Waals surface area (Å²) in [6, 6.07) is 0. The molecule has 1 heterocycles. The Morgan fingerprint density at radius 3 is 0.850 bits per heavy atom. The van der Waals surface area contributed by atoms with Crippen LogP contribution >= 0.6 is 0 Å². The van der Waals surface area contributed by atoms with E-state index < -0.39 is 36.3 Å². The maximum absolute atomic E-state index is 13.1. The molecule has 0 N–H and O–H groups in total. The van der Waals surface area contributed by atoms with Crippen molar-refractivity contribution in [3.05, 3.63) is 0 Å². The maximum atomic E-state index is 13.1. The van der Waals surface area contributed by atoms with Crippen molar-refractivity contribution in [1.29, 1.82) is 0 Å². The number of rotatable bonds is 0. The van der Waals surface area contributed by atoms with Crippen LogP contribution in [0, 0.1) is 0 Å². The van der Waals surface area contributed by atoms with Crippen LogP contribution in [0.1, 0.15) is 0 Å². The molecule has 0 aromatic heterocycles. The summed E-state index contributed by atoms with van der Waals surface area (Å²) in [5.74, 6) is -13.8. The summed E-state index contributed by atoms with van der Waals surface area (Å²) in [5.41, 5.74) is 0. The van der Waals surface area contributed by atoms with Gasteiger partial charge in [-0.2, -0.15) is 52.7 Å². The van der Waals surface area contributed by atoms with Gasteiger partial charge in [0.15, 0.2) is 0 Å². The zero-order valence-corrected chi connectivity index (χ0v) is 8.35. The number of halogens is 12. The molecule has 0 spiro atoms. The van der Waals surface area contributed by atoms with Crippen molar-refractivity contribution in [3.8, 4) is 0 Å². The van der Waals surface area contributed by atoms with Crippen LogP contribution in [0.25, 0.3) is 0 Å². The van der Waals surface area contributed by atoms with Gasteiger partial charge in [-0.25, -0.2) is 0 Å². The van der Waals surface area contributed by atoms with Gasteiger partial charge in [0.1, 0.15) is 0 Å². The largest absolute Gasteiger partial charge is 0.455 e. The van der Waals surface area contributed by atoms with E-state index in [-0.39, 0.29) is 0 Å². The fourth-order valence-corrected chi connectivity index (χ4v) is 1.08. The van der Waals surface area contributed by atoms with E-state index in [1.54, 1.807) is 9.47 Å². The summed E-state index contributed by atoms with van der Waals surface area (Å²) < 4.78 is 152. The standard InChI is InChI=1S/C6F12O2/c7-1(3(9,10)11)2(8,4(12,13)14)20-6(17,18)5(15,16)19-1. The van der Waals surface area contributed by atoms with Crippen LogP contribution < -0.4 is 0 Å². The Bertz CT molecular complexity index is 360. The second-order valence-corrected chi connectivity index (χ2v) is 3.42. The number of hydrogen-bond donors (Lipinski definition) is 0. The SMILES string of the molecule is FC(F)(F)C1(F)OC(F)(F)C(F)(F)OC1(F)C(F)(F)F. The monoisotopic (exact) mass is 332 g/mol. The fraction of sp³-hybridized carbons (Fsp3) is 1.00. The molecule has 0 aliphatic carbocycles. The summed E-state index contributed by atoms with van der Waals surface area (Å²) in [5, 5.41) is 0. The summed E-state index contributed by atoms with van der Waals surface area (Å²) in [7, 11) is 0. The molecule has 0 radical (unpaired) electrons. The quantitative estimate of drug-likeness (QED) is 0.630. The van der Waals surface area contributed by atoms with Gasteiger partial charge in [-0.15, -0.1) is 0 Å². The number of alkyl halides is 12. The van der Waals surface area contributed by atoms with Gasteiger partial charge in [-0.05, 0) is 0 Å². The molecule has 0 saturated carbocycles. The van der Waals surface area contributed by atoms with Crippen molar-refractivity contribution < 1.29 is 62.2 Å². The Labute approximate surface area is 99.8 Å². The van der Waals surface area contributed by atoms with E-state index in [0.717, 1.165) is 0 Å². The average molecular weight is 332 g/mol. The Morgan fingerprint density at radius 1 is 0.500 bits per heavy atom. The lowest BCUT2D eigenvalue weighted by Gasteiger charge is -2.47. The van der Waals surface area contributed by atoms with Gasteiger partial charge in [0.2, 0.25) is 0 Å². The molecule has 1 rings (SSSR count). The van der Waals surface area contributed by atoms with E-state index in [2.05, 4.69) is 0 Å². The van der Waals surface area contributed by atoms with Gasteiger partial charge in [-0.1, -0.05) is 0 Å². The molecule has 0 aromatic carbocycles. The van der Waals surface area contributed by atoms with Crippen molar-refractivity contribution in [2.24, 2.45) is 0 Å². The van der Waals surface area contributed by atoms with Crippen molar-refractivity contribution in [2.75, 3.05) is 0 Å². The molecule has 0 aromatic rings. The van der Waals surface area contributed by atoms with Crippen LogP contribution in [0.5, 0.6) is 0 Å². The lowest BCUT2D eigenvalue weighted by Crippen LogP contribution is -2.76. The van der Waals surface area contributed by atoms with Gasteiger partial charge < -0.3 is 0 Å². The first-order valence-electron chi connectivity index (χ1n) is 4.08. The van der Waals surface area contributed by atoms with Crippen molar-refractivity contribution in [2.45, 2.75) is 36.3 Å². The second-order valence-electron chi connectivity index (χ2n) is 3.42. The highest BCUT2D eigenvalue weighted by Crippen LogP contribution is 2.61. The third-order valence-corrected chi connectivity index (χ3v) is 2.02. The highest BCUT2D eigenvalue weighted by molar-refractivity contribution is 5.03. The van der Waals surface area contributed by atoms with Crippen molar-refractivity contribution in [1.82, 2.24) is 0 Å². The van der Waals surface area contributed by atoms with Crippen molar-refractivity contribution in [3.63, 3.8) is 0 Å². The third-order valence-electron chi connectivity index (χ3n) is 2.02. The lowest BCUT2D eigenvalue weighted by molar-refractivity contribution is -0.619. The minimum Gasteiger partial charge on any atom is -0.263 e. The third kappa shape index (κ3) is 1.99. The maximum Gasteiger partial charge on any atom is 0.455 e. The molecular weight excluding hydrogens is 332 g/mol. The molecule has 0 amide bonds. The first-order valence-corrected chi connectivity index (χ1v) is 4.08. The molecule has 14 heteroatoms. The topological polar surface area (TPSA) is 18.5 Å². The molecule has 2 unspecified atom stereocenters. The van der Waals surface area contributed by atoms with E-state index in [4.69, 9.17) is 0 Å². The summed E-state index contributed by atoms with van der Waals surface area (Å²) in [6.45, 7) is 0. The van der Waals surface area contributed by atoms with Crippen LogP contribution in [0.3, 0.4) is 0 Å². The minimum atomic E-state index is -7.10. The highest BCUT2D eigenvalue weighted by Gasteiger charge is 2.91. The Balaban J connectivity index is 3.55. The predicted molar refractivity (Wildman–Crippen MR) is 31.9 cm³/mol. The smallest absolute Gasteiger partial charge is 0.263 e. The first kappa shape index (κ1) is 17.1. The average Bonchev–Trinajstić information content (AvgIpc) is 2.09. The minimum absolute atomic E-state index is 1.79. The van der Waals surface area contributed by atoms with Crippen molar-refractivity contribution >= 4 is 0 Å². The van der Waals surface area contributed by atoms with Crippen LogP contribution in [0.15, 0.2) is 0 Å². The zero-order chi connectivity index (χ0) is 16.4. The molecule has 2 nitrogen and oxygen atoms in total. The molecular formula is C6F12O2. The Hall–Kier alpha value is -0.920. The van der Waals surface area contributed by atoms with Crippen LogP contribution in [0.4, 0.5) is 52.7 Å². The van der Waals surface area contributed by atoms with E-state index in [1.165, 1.54) is 0 Å². The second kappa shape index (κ2) is 3.84. The molecule has 120 valence electrons. The van der Waals surface area contributed by atoms with Gasteiger partial charge in [0.25, 0.3) is 0 Å². The van der Waals surface area contributed by atoms with Gasteiger partial charge in [0.05, 0.1) is 0 Å². The first-order chi connectivity index (χ1) is 8.41. The molecule has 1 aliphatic rings. The van der Waals surface area contributed by atoms with Gasteiger partial charge in [0, 0.05) is 0 Å². The molecule has 1 aliphatic heterocycles. The van der Waals surface area contributed by atoms with E-state index in [9.17, 15) is 52.7 Å². The number of hydrogen-bond acceptors (Lipinski definition) is 2. The van der Waals surface area contributed by atoms with Gasteiger partial charge >= 0.3 is 36.3 Å². The Kier molecular flexibility index (Phi) is 3.29. The molecule has 2 atom stereocenters. The highest BCUT2D eigenvalue weighted by atomic mass is 19.4. The van der Waals surface area contributed by atoms with E-state index in [0.29, 0.717) is 0 Å². The predicted octanol–water partition coefficient (Wildman–Crippen LogP) is 3.67. The lowest BCUT2D eigenvalue weighted by atomic mass is 10.1. The molecule has 1 fully saturated rings. The number of ether oxygens (including phenoxy) is 2. The Morgan fingerprint density at radius 2 is 0.700 bits per heavy atom. The zero-order valence-electron chi connectivity index (χ0n) is 8.35. The summed E-state index contributed by atoms with van der Waals surface area (Å²) in [4.78, 5) is 0. The van der Waals surface area contributed by atoms with Crippen LogP contribution in [0.2, 0.25) is 0 Å². The molecule has 20 heavy (non-hydrogen) atoms. The summed E-state index contributed by atoms with van der Waals surface area (Å²) in [6.07, 6.45) is -27.2. The van der Waals surface area contributed by atoms with Crippen LogP contribution in [-0.4, -0.2) is 36.3 Å². The van der Waals surface area contributed by atoms with E-state index in [1.807, 2.05) is 0 Å². The fourth-order valence-electron chi connectivity index (χ4n) is 1.08. The molecule has 1 saturated heterocycles. The normalized spacial score (nSPS) is 37.8. The summed E-state index contributed by atoms with van der Waals surface area (Å²) >= 11 is 0. The molecule has 0 bridgehead atoms. The van der Waals surface area contributed by atoms with E-state index >= 15 is 0 Å². The van der Waals surface area contributed by atoms with Crippen LogP contribution in [-0.2, 0) is 9.47 Å². The van der Waals surface area contributed by atoms with Gasteiger partial charge in [-0.3, -0.25) is 9.47 Å².